The third-order valence-electron chi connectivity index (χ3n) is 4.32. The van der Waals surface area contributed by atoms with Crippen LogP contribution in [0.1, 0.15) is 20.7 Å². The third kappa shape index (κ3) is 2.65. The van der Waals surface area contributed by atoms with Crippen LogP contribution in [0, 0.1) is 0 Å². The molecule has 25 heavy (non-hydrogen) atoms. The van der Waals surface area contributed by atoms with Gasteiger partial charge < -0.3 is 0 Å². The lowest BCUT2D eigenvalue weighted by Gasteiger charge is -2.15. The summed E-state index contributed by atoms with van der Waals surface area (Å²) in [5.74, 6) is -0.536. The minimum atomic E-state index is -0.268. The normalized spacial score (nSPS) is 13.2. The van der Waals surface area contributed by atoms with Crippen molar-refractivity contribution in [3.63, 3.8) is 0 Å². The molecule has 3 aromatic carbocycles. The first-order valence-corrected chi connectivity index (χ1v) is 9.14. The summed E-state index contributed by atoms with van der Waals surface area (Å²) in [6, 6.07) is 22.7. The molecule has 0 radical (unpaired) electrons. The van der Waals surface area contributed by atoms with Crippen LogP contribution in [0.3, 0.4) is 0 Å². The SMILES string of the molecule is CSc1ccc(-c2cccc(N3C(=O)c4ccccc4C3=O)c2)cc1. The number of carbonyl (C=O) groups excluding carboxylic acids is 2. The van der Waals surface area contributed by atoms with E-state index >= 15 is 0 Å². The molecule has 2 amide bonds. The average molecular weight is 345 g/mol. The quantitative estimate of drug-likeness (QED) is 0.502. The van der Waals surface area contributed by atoms with Gasteiger partial charge in [-0.2, -0.15) is 0 Å². The van der Waals surface area contributed by atoms with Gasteiger partial charge in [0.05, 0.1) is 16.8 Å². The Morgan fingerprint density at radius 2 is 1.36 bits per heavy atom. The van der Waals surface area contributed by atoms with Gasteiger partial charge in [0.1, 0.15) is 0 Å². The number of thioether (sulfide) groups is 1. The Morgan fingerprint density at radius 1 is 0.720 bits per heavy atom. The van der Waals surface area contributed by atoms with Crippen molar-refractivity contribution >= 4 is 29.3 Å². The van der Waals surface area contributed by atoms with Crippen LogP contribution < -0.4 is 4.90 Å². The van der Waals surface area contributed by atoms with Gasteiger partial charge in [-0.15, -0.1) is 11.8 Å². The second-order valence-electron chi connectivity index (χ2n) is 5.77. The molecule has 0 atom stereocenters. The molecule has 1 aliphatic heterocycles. The molecule has 0 N–H and O–H groups in total. The van der Waals surface area contributed by atoms with Crippen molar-refractivity contribution in [1.29, 1.82) is 0 Å². The van der Waals surface area contributed by atoms with Crippen molar-refractivity contribution in [3.8, 4) is 11.1 Å². The molecule has 1 aliphatic rings. The summed E-state index contributed by atoms with van der Waals surface area (Å²) < 4.78 is 0. The number of benzene rings is 3. The molecule has 4 heteroatoms. The largest absolute Gasteiger partial charge is 0.268 e. The molecule has 0 fully saturated rings. The molecule has 0 bridgehead atoms. The van der Waals surface area contributed by atoms with Crippen molar-refractivity contribution in [3.05, 3.63) is 83.9 Å². The molecule has 0 saturated carbocycles. The number of hydrogen-bond donors (Lipinski definition) is 0. The minimum absolute atomic E-state index is 0.268. The highest BCUT2D eigenvalue weighted by Crippen LogP contribution is 2.31. The van der Waals surface area contributed by atoms with E-state index in [2.05, 4.69) is 12.1 Å². The summed E-state index contributed by atoms with van der Waals surface area (Å²) in [4.78, 5) is 27.7. The number of nitrogens with zero attached hydrogens (tertiary/aromatic N) is 1. The van der Waals surface area contributed by atoms with Crippen molar-refractivity contribution in [1.82, 2.24) is 0 Å². The molecule has 0 spiro atoms. The zero-order valence-electron chi connectivity index (χ0n) is 13.6. The molecule has 4 rings (SSSR count). The maximum atomic E-state index is 12.6. The van der Waals surface area contributed by atoms with Crippen molar-refractivity contribution in [2.45, 2.75) is 4.90 Å². The van der Waals surface area contributed by atoms with Gasteiger partial charge in [-0.25, -0.2) is 4.90 Å². The van der Waals surface area contributed by atoms with Crippen LogP contribution in [0.4, 0.5) is 5.69 Å². The Labute approximate surface area is 150 Å². The molecule has 3 aromatic rings. The fourth-order valence-electron chi connectivity index (χ4n) is 3.03. The van der Waals surface area contributed by atoms with Crippen molar-refractivity contribution in [2.24, 2.45) is 0 Å². The first-order valence-electron chi connectivity index (χ1n) is 7.91. The maximum absolute atomic E-state index is 12.6. The van der Waals surface area contributed by atoms with E-state index in [1.807, 2.05) is 36.6 Å². The topological polar surface area (TPSA) is 37.4 Å². The Hall–Kier alpha value is -2.85. The van der Waals surface area contributed by atoms with Gasteiger partial charge in [-0.1, -0.05) is 36.4 Å². The van der Waals surface area contributed by atoms with E-state index < -0.39 is 0 Å². The molecule has 0 unspecified atom stereocenters. The fraction of sp³-hybridized carbons (Fsp3) is 0.0476. The third-order valence-corrected chi connectivity index (χ3v) is 5.07. The molecule has 1 heterocycles. The summed E-state index contributed by atoms with van der Waals surface area (Å²) in [5.41, 5.74) is 3.54. The van der Waals surface area contributed by atoms with E-state index in [4.69, 9.17) is 0 Å². The van der Waals surface area contributed by atoms with E-state index in [0.717, 1.165) is 11.1 Å². The highest BCUT2D eigenvalue weighted by atomic mass is 32.2. The number of hydrogen-bond acceptors (Lipinski definition) is 3. The lowest BCUT2D eigenvalue weighted by Crippen LogP contribution is -2.29. The van der Waals surface area contributed by atoms with E-state index in [1.54, 1.807) is 42.1 Å². The number of carbonyl (C=O) groups is 2. The number of anilines is 1. The van der Waals surface area contributed by atoms with Gasteiger partial charge in [0.2, 0.25) is 0 Å². The standard InChI is InChI=1S/C21H15NO2S/c1-25-17-11-9-14(10-12-17)15-5-4-6-16(13-15)22-20(23)18-7-2-3-8-19(18)21(22)24/h2-13H,1H3. The average Bonchev–Trinajstić information content (AvgIpc) is 2.93. The molecular weight excluding hydrogens is 330 g/mol. The lowest BCUT2D eigenvalue weighted by molar-refractivity contribution is 0.0926. The van der Waals surface area contributed by atoms with Crippen LogP contribution in [0.25, 0.3) is 11.1 Å². The molecule has 0 aromatic heterocycles. The maximum Gasteiger partial charge on any atom is 0.266 e. The van der Waals surface area contributed by atoms with Crippen LogP contribution in [0.15, 0.2) is 77.7 Å². The highest BCUT2D eigenvalue weighted by Gasteiger charge is 2.36. The van der Waals surface area contributed by atoms with Gasteiger partial charge in [0, 0.05) is 4.90 Å². The highest BCUT2D eigenvalue weighted by molar-refractivity contribution is 7.98. The summed E-state index contributed by atoms with van der Waals surface area (Å²) in [6.07, 6.45) is 2.04. The zero-order valence-corrected chi connectivity index (χ0v) is 14.4. The second kappa shape index (κ2) is 6.22. The summed E-state index contributed by atoms with van der Waals surface area (Å²) in [6.45, 7) is 0. The van der Waals surface area contributed by atoms with E-state index in [-0.39, 0.29) is 11.8 Å². The van der Waals surface area contributed by atoms with E-state index in [9.17, 15) is 9.59 Å². The Bertz CT molecular complexity index is 944. The number of amides is 2. The first-order chi connectivity index (χ1) is 12.2. The number of fused-ring (bicyclic) bond motifs is 1. The zero-order chi connectivity index (χ0) is 17.4. The lowest BCUT2D eigenvalue weighted by atomic mass is 10.0. The fourth-order valence-corrected chi connectivity index (χ4v) is 3.44. The Kier molecular flexibility index (Phi) is 3.90. The summed E-state index contributed by atoms with van der Waals surface area (Å²) in [5, 5.41) is 0. The van der Waals surface area contributed by atoms with Gasteiger partial charge in [-0.05, 0) is 53.8 Å². The molecule has 0 aliphatic carbocycles. The second-order valence-corrected chi connectivity index (χ2v) is 6.65. The van der Waals surface area contributed by atoms with Crippen LogP contribution in [0.5, 0.6) is 0 Å². The van der Waals surface area contributed by atoms with Gasteiger partial charge >= 0.3 is 0 Å². The predicted molar refractivity (Wildman–Crippen MR) is 101 cm³/mol. The Balaban J connectivity index is 1.73. The molecule has 0 saturated heterocycles. The number of rotatable bonds is 3. The predicted octanol–water partition coefficient (Wildman–Crippen LogP) is 4.88. The minimum Gasteiger partial charge on any atom is -0.268 e. The molecular formula is C21H15NO2S. The molecule has 122 valence electrons. The van der Waals surface area contributed by atoms with E-state index in [1.165, 1.54) is 9.80 Å². The van der Waals surface area contributed by atoms with Gasteiger partial charge in [0.25, 0.3) is 11.8 Å². The van der Waals surface area contributed by atoms with Gasteiger partial charge in [0.15, 0.2) is 0 Å². The molecule has 3 nitrogen and oxygen atoms in total. The Morgan fingerprint density at radius 3 is 1.96 bits per heavy atom. The first kappa shape index (κ1) is 15.7. The van der Waals surface area contributed by atoms with Crippen LogP contribution >= 0.6 is 11.8 Å². The van der Waals surface area contributed by atoms with Gasteiger partial charge in [-0.3, -0.25) is 9.59 Å². The van der Waals surface area contributed by atoms with Crippen LogP contribution in [-0.4, -0.2) is 18.1 Å². The number of imide groups is 1. The van der Waals surface area contributed by atoms with E-state index in [0.29, 0.717) is 16.8 Å². The van der Waals surface area contributed by atoms with Crippen LogP contribution in [0.2, 0.25) is 0 Å². The smallest absolute Gasteiger partial charge is 0.266 e. The summed E-state index contributed by atoms with van der Waals surface area (Å²) in [7, 11) is 0. The van der Waals surface area contributed by atoms with Crippen LogP contribution in [-0.2, 0) is 0 Å². The van der Waals surface area contributed by atoms with Crippen molar-refractivity contribution < 1.29 is 9.59 Å². The monoisotopic (exact) mass is 345 g/mol. The van der Waals surface area contributed by atoms with Crippen molar-refractivity contribution in [2.75, 3.05) is 11.2 Å². The summed E-state index contributed by atoms with van der Waals surface area (Å²) >= 11 is 1.69.